The molecule has 6 nitrogen and oxygen atoms in total. The molecule has 0 saturated heterocycles. The summed E-state index contributed by atoms with van der Waals surface area (Å²) >= 11 is 1.39. The van der Waals surface area contributed by atoms with Crippen molar-refractivity contribution in [2.75, 3.05) is 12.1 Å². The first kappa shape index (κ1) is 14.9. The van der Waals surface area contributed by atoms with E-state index < -0.39 is 0 Å². The highest BCUT2D eigenvalue weighted by molar-refractivity contribution is 8.00. The van der Waals surface area contributed by atoms with E-state index in [0.717, 1.165) is 16.2 Å². The molecular formula is C17H15N3O3S. The molecule has 0 bridgehead atoms. The van der Waals surface area contributed by atoms with Crippen LogP contribution in [0, 0.1) is 0 Å². The van der Waals surface area contributed by atoms with Crippen molar-refractivity contribution in [1.29, 1.82) is 0 Å². The number of ether oxygens (including phenoxy) is 2. The lowest BCUT2D eigenvalue weighted by Crippen LogP contribution is -2.22. The van der Waals surface area contributed by atoms with E-state index in [2.05, 4.69) is 15.3 Å². The zero-order valence-corrected chi connectivity index (χ0v) is 13.7. The molecule has 3 aromatic rings. The van der Waals surface area contributed by atoms with Gasteiger partial charge < -0.3 is 19.8 Å². The molecule has 1 amide bonds. The molecule has 0 aliphatic carbocycles. The van der Waals surface area contributed by atoms with Gasteiger partial charge in [0, 0.05) is 11.8 Å². The molecule has 1 aliphatic rings. The van der Waals surface area contributed by atoms with Gasteiger partial charge in [-0.25, -0.2) is 4.98 Å². The van der Waals surface area contributed by atoms with Gasteiger partial charge in [0.15, 0.2) is 16.7 Å². The monoisotopic (exact) mass is 341 g/mol. The van der Waals surface area contributed by atoms with Crippen molar-refractivity contribution in [1.82, 2.24) is 9.97 Å². The lowest BCUT2D eigenvalue weighted by molar-refractivity contribution is -0.115. The van der Waals surface area contributed by atoms with Crippen LogP contribution in [0.25, 0.3) is 11.0 Å². The van der Waals surface area contributed by atoms with Crippen LogP contribution in [-0.4, -0.2) is 27.9 Å². The first-order chi connectivity index (χ1) is 11.7. The van der Waals surface area contributed by atoms with Crippen molar-refractivity contribution < 1.29 is 14.3 Å². The van der Waals surface area contributed by atoms with Crippen LogP contribution < -0.4 is 14.8 Å². The second-order valence-electron chi connectivity index (χ2n) is 5.38. The normalized spacial score (nSPS) is 13.9. The number of thioether (sulfide) groups is 1. The molecule has 0 fully saturated rings. The summed E-state index contributed by atoms with van der Waals surface area (Å²) in [7, 11) is 0. The van der Waals surface area contributed by atoms with Crippen molar-refractivity contribution in [3.8, 4) is 11.5 Å². The number of amides is 1. The third-order valence-electron chi connectivity index (χ3n) is 3.67. The van der Waals surface area contributed by atoms with Gasteiger partial charge in [0.2, 0.25) is 12.7 Å². The van der Waals surface area contributed by atoms with Gasteiger partial charge in [0.25, 0.3) is 0 Å². The van der Waals surface area contributed by atoms with Crippen LogP contribution in [-0.2, 0) is 4.79 Å². The smallest absolute Gasteiger partial charge is 0.237 e. The molecule has 2 aromatic carbocycles. The molecule has 1 aromatic heterocycles. The minimum atomic E-state index is -0.295. The quantitative estimate of drug-likeness (QED) is 0.711. The number of anilines is 1. The Bertz CT molecular complexity index is 876. The Morgan fingerprint density at radius 2 is 2.08 bits per heavy atom. The minimum absolute atomic E-state index is 0.0979. The van der Waals surface area contributed by atoms with Crippen LogP contribution in [0.4, 0.5) is 5.69 Å². The average Bonchev–Trinajstić information content (AvgIpc) is 3.19. The van der Waals surface area contributed by atoms with Crippen molar-refractivity contribution in [2.24, 2.45) is 0 Å². The van der Waals surface area contributed by atoms with E-state index in [1.165, 1.54) is 11.8 Å². The first-order valence-corrected chi connectivity index (χ1v) is 8.39. The van der Waals surface area contributed by atoms with Crippen molar-refractivity contribution in [2.45, 2.75) is 17.3 Å². The Morgan fingerprint density at radius 1 is 1.25 bits per heavy atom. The number of hydrogen-bond acceptors (Lipinski definition) is 5. The third kappa shape index (κ3) is 2.90. The number of nitrogens with one attached hydrogen (secondary N) is 2. The van der Waals surface area contributed by atoms with Gasteiger partial charge in [-0.3, -0.25) is 4.79 Å². The zero-order chi connectivity index (χ0) is 16.5. The van der Waals surface area contributed by atoms with E-state index in [9.17, 15) is 4.79 Å². The van der Waals surface area contributed by atoms with E-state index in [-0.39, 0.29) is 18.0 Å². The number of H-pyrrole nitrogens is 1. The number of fused-ring (bicyclic) bond motifs is 2. The second kappa shape index (κ2) is 6.09. The summed E-state index contributed by atoms with van der Waals surface area (Å²) < 4.78 is 10.6. The highest BCUT2D eigenvalue weighted by Gasteiger charge is 2.19. The van der Waals surface area contributed by atoms with Crippen molar-refractivity contribution >= 4 is 34.4 Å². The van der Waals surface area contributed by atoms with Gasteiger partial charge in [0.05, 0.1) is 16.3 Å². The Morgan fingerprint density at radius 3 is 2.96 bits per heavy atom. The highest BCUT2D eigenvalue weighted by atomic mass is 32.2. The lowest BCUT2D eigenvalue weighted by Gasteiger charge is -2.11. The molecule has 7 heteroatoms. The van der Waals surface area contributed by atoms with Crippen LogP contribution >= 0.6 is 11.8 Å². The van der Waals surface area contributed by atoms with Gasteiger partial charge >= 0.3 is 0 Å². The molecule has 24 heavy (non-hydrogen) atoms. The summed E-state index contributed by atoms with van der Waals surface area (Å²) in [6.07, 6.45) is 0. The minimum Gasteiger partial charge on any atom is -0.454 e. The standard InChI is InChI=1S/C17H15N3O3S/c1-10(24-17-19-12-4-2-3-5-13(12)20-17)16(21)18-11-6-7-14-15(8-11)23-9-22-14/h2-8,10H,9H2,1H3,(H,18,21)(H,19,20)/t10-/m0/s1. The number of benzene rings is 2. The summed E-state index contributed by atoms with van der Waals surface area (Å²) in [5.74, 6) is 1.24. The number of nitrogens with zero attached hydrogens (tertiary/aromatic N) is 1. The Balaban J connectivity index is 1.44. The van der Waals surface area contributed by atoms with Gasteiger partial charge in [-0.1, -0.05) is 23.9 Å². The number of imidazole rings is 1. The Hall–Kier alpha value is -2.67. The number of aromatic nitrogens is 2. The molecule has 0 spiro atoms. The summed E-state index contributed by atoms with van der Waals surface area (Å²) in [6.45, 7) is 2.06. The fraction of sp³-hybridized carbons (Fsp3) is 0.176. The van der Waals surface area contributed by atoms with Gasteiger partial charge in [-0.2, -0.15) is 0 Å². The molecule has 122 valence electrons. The van der Waals surface area contributed by atoms with Crippen molar-refractivity contribution in [3.63, 3.8) is 0 Å². The van der Waals surface area contributed by atoms with Gasteiger partial charge in [-0.05, 0) is 31.2 Å². The summed E-state index contributed by atoms with van der Waals surface area (Å²) in [6, 6.07) is 13.1. The predicted molar refractivity (Wildman–Crippen MR) is 92.6 cm³/mol. The zero-order valence-electron chi connectivity index (χ0n) is 12.9. The largest absolute Gasteiger partial charge is 0.454 e. The molecule has 1 atom stereocenters. The topological polar surface area (TPSA) is 76.2 Å². The van der Waals surface area contributed by atoms with Crippen LogP contribution in [0.5, 0.6) is 11.5 Å². The summed E-state index contributed by atoms with van der Waals surface area (Å²) in [5, 5.41) is 3.32. The number of carbonyl (C=O) groups is 1. The van der Waals surface area contributed by atoms with Crippen molar-refractivity contribution in [3.05, 3.63) is 42.5 Å². The number of carbonyl (C=O) groups excluding carboxylic acids is 1. The SMILES string of the molecule is C[C@H](Sc1nc2ccccc2[nH]1)C(=O)Nc1ccc2c(c1)OCO2. The number of rotatable bonds is 4. The number of hydrogen-bond donors (Lipinski definition) is 2. The third-order valence-corrected chi connectivity index (χ3v) is 4.65. The predicted octanol–water partition coefficient (Wildman–Crippen LogP) is 3.41. The van der Waals surface area contributed by atoms with Crippen LogP contribution in [0.2, 0.25) is 0 Å². The average molecular weight is 341 g/mol. The molecule has 4 rings (SSSR count). The Labute approximate surface area is 142 Å². The lowest BCUT2D eigenvalue weighted by atomic mass is 10.2. The van der Waals surface area contributed by atoms with Crippen LogP contribution in [0.15, 0.2) is 47.6 Å². The second-order valence-corrected chi connectivity index (χ2v) is 6.71. The maximum absolute atomic E-state index is 12.4. The van der Waals surface area contributed by atoms with E-state index in [1.54, 1.807) is 18.2 Å². The Kier molecular flexibility index (Phi) is 3.78. The summed E-state index contributed by atoms with van der Waals surface area (Å²) in [4.78, 5) is 20.1. The molecule has 2 N–H and O–H groups in total. The fourth-order valence-corrected chi connectivity index (χ4v) is 3.25. The number of aromatic amines is 1. The van der Waals surface area contributed by atoms with E-state index in [1.807, 2.05) is 31.2 Å². The van der Waals surface area contributed by atoms with E-state index >= 15 is 0 Å². The van der Waals surface area contributed by atoms with Gasteiger partial charge in [-0.15, -0.1) is 0 Å². The van der Waals surface area contributed by atoms with E-state index in [4.69, 9.17) is 9.47 Å². The first-order valence-electron chi connectivity index (χ1n) is 7.51. The highest BCUT2D eigenvalue weighted by Crippen LogP contribution is 2.34. The van der Waals surface area contributed by atoms with Gasteiger partial charge in [0.1, 0.15) is 0 Å². The molecule has 2 heterocycles. The molecule has 0 saturated carbocycles. The van der Waals surface area contributed by atoms with Crippen LogP contribution in [0.1, 0.15) is 6.92 Å². The maximum atomic E-state index is 12.4. The maximum Gasteiger partial charge on any atom is 0.237 e. The molecular weight excluding hydrogens is 326 g/mol. The summed E-state index contributed by atoms with van der Waals surface area (Å²) in [5.41, 5.74) is 2.54. The number of para-hydroxylation sites is 2. The molecule has 0 radical (unpaired) electrons. The molecule has 0 unspecified atom stereocenters. The van der Waals surface area contributed by atoms with E-state index in [0.29, 0.717) is 17.2 Å². The fourth-order valence-electron chi connectivity index (χ4n) is 2.42. The molecule has 1 aliphatic heterocycles. The van der Waals surface area contributed by atoms with Crippen LogP contribution in [0.3, 0.4) is 0 Å².